The monoisotopic (exact) mass is 312 g/mol. The Kier molecular flexibility index (Phi) is 6.08. The van der Waals surface area contributed by atoms with Gasteiger partial charge >= 0.3 is 0 Å². The number of nitrogens with two attached hydrogens (primary N) is 1. The average Bonchev–Trinajstić information content (AvgIpc) is 2.43. The van der Waals surface area contributed by atoms with E-state index in [1.54, 1.807) is 36.0 Å². The van der Waals surface area contributed by atoms with E-state index in [9.17, 15) is 8.42 Å². The summed E-state index contributed by atoms with van der Waals surface area (Å²) in [4.78, 5) is 0.221. The molecule has 0 heterocycles. The Morgan fingerprint density at radius 1 is 1.40 bits per heavy atom. The lowest BCUT2D eigenvalue weighted by atomic mass is 10.2. The highest BCUT2D eigenvalue weighted by Crippen LogP contribution is 2.21. The molecule has 20 heavy (non-hydrogen) atoms. The van der Waals surface area contributed by atoms with Crippen LogP contribution in [0.25, 0.3) is 0 Å². The lowest BCUT2D eigenvalue weighted by Gasteiger charge is -2.22. The van der Waals surface area contributed by atoms with Gasteiger partial charge in [-0.25, -0.2) is 13.1 Å². The summed E-state index contributed by atoms with van der Waals surface area (Å²) in [6, 6.07) is 6.54. The van der Waals surface area contributed by atoms with Crippen LogP contribution in [0.3, 0.4) is 0 Å². The summed E-state index contributed by atoms with van der Waals surface area (Å²) < 4.78 is 26.9. The van der Waals surface area contributed by atoms with Gasteiger partial charge in [0, 0.05) is 16.9 Å². The zero-order chi connectivity index (χ0) is 15.2. The first-order valence-corrected chi connectivity index (χ1v) is 8.85. The molecule has 4 nitrogen and oxygen atoms in total. The summed E-state index contributed by atoms with van der Waals surface area (Å²) in [6.07, 6.45) is 1.96. The Labute approximate surface area is 125 Å². The van der Waals surface area contributed by atoms with Crippen molar-refractivity contribution in [3.8, 4) is 11.8 Å². The smallest absolute Gasteiger partial charge is 0.240 e. The van der Waals surface area contributed by atoms with Crippen molar-refractivity contribution in [3.63, 3.8) is 0 Å². The number of thioether (sulfide) groups is 1. The molecule has 0 radical (unpaired) electrons. The Morgan fingerprint density at radius 2 is 2.10 bits per heavy atom. The van der Waals surface area contributed by atoms with Gasteiger partial charge < -0.3 is 5.73 Å². The molecule has 0 amide bonds. The van der Waals surface area contributed by atoms with E-state index in [0.29, 0.717) is 12.1 Å². The first-order chi connectivity index (χ1) is 9.30. The van der Waals surface area contributed by atoms with Crippen molar-refractivity contribution in [2.24, 2.45) is 5.73 Å². The molecule has 0 saturated heterocycles. The second-order valence-electron chi connectivity index (χ2n) is 4.82. The number of hydrogen-bond acceptors (Lipinski definition) is 4. The van der Waals surface area contributed by atoms with E-state index in [2.05, 4.69) is 16.6 Å². The quantitative estimate of drug-likeness (QED) is 0.807. The molecular formula is C14H20N2O2S2. The molecule has 0 aliphatic rings. The van der Waals surface area contributed by atoms with E-state index in [0.717, 1.165) is 0 Å². The van der Waals surface area contributed by atoms with Crippen LogP contribution in [-0.2, 0) is 10.0 Å². The van der Waals surface area contributed by atoms with Crippen LogP contribution in [0.4, 0.5) is 0 Å². The standard InChI is InChI=1S/C14H20N2O2S2/c1-14(2,19-3)11-16-20(17,18)13-8-4-6-12(10-13)7-5-9-15/h4,6,8,10,16H,9,11,15H2,1-3H3. The Balaban J connectivity index is 2.93. The molecule has 0 aliphatic carbocycles. The Hall–Kier alpha value is -1.00. The Morgan fingerprint density at radius 3 is 2.70 bits per heavy atom. The van der Waals surface area contributed by atoms with Crippen molar-refractivity contribution in [2.75, 3.05) is 19.3 Å². The van der Waals surface area contributed by atoms with E-state index in [1.807, 2.05) is 20.1 Å². The maximum absolute atomic E-state index is 12.2. The lowest BCUT2D eigenvalue weighted by Crippen LogP contribution is -2.36. The molecule has 110 valence electrons. The van der Waals surface area contributed by atoms with Crippen LogP contribution in [0.1, 0.15) is 19.4 Å². The van der Waals surface area contributed by atoms with Gasteiger partial charge in [-0.2, -0.15) is 11.8 Å². The molecule has 3 N–H and O–H groups in total. The second-order valence-corrected chi connectivity index (χ2v) is 8.10. The zero-order valence-electron chi connectivity index (χ0n) is 11.9. The summed E-state index contributed by atoms with van der Waals surface area (Å²) >= 11 is 1.61. The maximum atomic E-state index is 12.2. The summed E-state index contributed by atoms with van der Waals surface area (Å²) in [5.74, 6) is 5.54. The molecule has 0 unspecified atom stereocenters. The third-order valence-electron chi connectivity index (χ3n) is 2.72. The van der Waals surface area contributed by atoms with Crippen molar-refractivity contribution >= 4 is 21.8 Å². The number of benzene rings is 1. The molecule has 1 rings (SSSR count). The minimum atomic E-state index is -3.51. The van der Waals surface area contributed by atoms with Gasteiger partial charge in [-0.15, -0.1) is 0 Å². The molecule has 1 aromatic rings. The highest BCUT2D eigenvalue weighted by Gasteiger charge is 2.21. The predicted molar refractivity (Wildman–Crippen MR) is 85.2 cm³/mol. The van der Waals surface area contributed by atoms with Crippen LogP contribution in [0.5, 0.6) is 0 Å². The fourth-order valence-corrected chi connectivity index (χ4v) is 2.88. The van der Waals surface area contributed by atoms with Gasteiger partial charge in [0.05, 0.1) is 11.4 Å². The maximum Gasteiger partial charge on any atom is 0.240 e. The van der Waals surface area contributed by atoms with Crippen molar-refractivity contribution in [1.82, 2.24) is 4.72 Å². The van der Waals surface area contributed by atoms with Gasteiger partial charge in [-0.1, -0.05) is 17.9 Å². The lowest BCUT2D eigenvalue weighted by molar-refractivity contribution is 0.571. The van der Waals surface area contributed by atoms with Crippen LogP contribution in [0.2, 0.25) is 0 Å². The topological polar surface area (TPSA) is 72.2 Å². The third-order valence-corrected chi connectivity index (χ3v) is 5.37. The van der Waals surface area contributed by atoms with Crippen LogP contribution in [0.15, 0.2) is 29.2 Å². The van der Waals surface area contributed by atoms with Crippen LogP contribution in [-0.4, -0.2) is 32.5 Å². The van der Waals surface area contributed by atoms with E-state index in [4.69, 9.17) is 5.73 Å². The molecule has 6 heteroatoms. The van der Waals surface area contributed by atoms with Gasteiger partial charge in [-0.05, 0) is 38.3 Å². The normalized spacial score (nSPS) is 11.8. The van der Waals surface area contributed by atoms with E-state index < -0.39 is 10.0 Å². The first kappa shape index (κ1) is 17.1. The molecule has 0 atom stereocenters. The zero-order valence-corrected chi connectivity index (χ0v) is 13.6. The SMILES string of the molecule is CSC(C)(C)CNS(=O)(=O)c1cccc(C#CCN)c1. The minimum absolute atomic E-state index is 0.149. The molecule has 1 aromatic carbocycles. The van der Waals surface area contributed by atoms with Gasteiger partial charge in [0.25, 0.3) is 0 Å². The fourth-order valence-electron chi connectivity index (χ4n) is 1.32. The van der Waals surface area contributed by atoms with Gasteiger partial charge in [0.2, 0.25) is 10.0 Å². The van der Waals surface area contributed by atoms with Crippen LogP contribution in [0, 0.1) is 11.8 Å². The van der Waals surface area contributed by atoms with Crippen molar-refractivity contribution < 1.29 is 8.42 Å². The highest BCUT2D eigenvalue weighted by molar-refractivity contribution is 8.00. The number of sulfonamides is 1. The van der Waals surface area contributed by atoms with Crippen molar-refractivity contribution in [2.45, 2.75) is 23.5 Å². The average molecular weight is 312 g/mol. The van der Waals surface area contributed by atoms with Crippen molar-refractivity contribution in [1.29, 1.82) is 0 Å². The van der Waals surface area contributed by atoms with E-state index in [-0.39, 0.29) is 16.2 Å². The van der Waals surface area contributed by atoms with Crippen LogP contribution < -0.4 is 10.5 Å². The number of hydrogen-bond donors (Lipinski definition) is 2. The second kappa shape index (κ2) is 7.14. The molecular weight excluding hydrogens is 292 g/mol. The van der Waals surface area contributed by atoms with E-state index >= 15 is 0 Å². The third kappa shape index (κ3) is 5.17. The number of nitrogens with one attached hydrogen (secondary N) is 1. The largest absolute Gasteiger partial charge is 0.320 e. The van der Waals surface area contributed by atoms with Gasteiger partial charge in [-0.3, -0.25) is 0 Å². The summed E-state index contributed by atoms with van der Waals surface area (Å²) in [6.45, 7) is 4.60. The molecule has 0 saturated carbocycles. The minimum Gasteiger partial charge on any atom is -0.320 e. The number of rotatable bonds is 5. The van der Waals surface area contributed by atoms with Crippen LogP contribution >= 0.6 is 11.8 Å². The molecule has 0 fully saturated rings. The molecule has 0 aliphatic heterocycles. The van der Waals surface area contributed by atoms with Crippen molar-refractivity contribution in [3.05, 3.63) is 29.8 Å². The molecule has 0 aromatic heterocycles. The summed E-state index contributed by atoms with van der Waals surface area (Å²) in [7, 11) is -3.51. The molecule has 0 spiro atoms. The molecule has 0 bridgehead atoms. The highest BCUT2D eigenvalue weighted by atomic mass is 32.2. The predicted octanol–water partition coefficient (Wildman–Crippen LogP) is 1.42. The summed E-state index contributed by atoms with van der Waals surface area (Å²) in [5, 5.41) is 0. The summed E-state index contributed by atoms with van der Waals surface area (Å²) in [5.41, 5.74) is 5.95. The van der Waals surface area contributed by atoms with Gasteiger partial charge in [0.15, 0.2) is 0 Å². The first-order valence-electron chi connectivity index (χ1n) is 6.14. The van der Waals surface area contributed by atoms with E-state index in [1.165, 1.54) is 0 Å². The fraction of sp³-hybridized carbons (Fsp3) is 0.429. The van der Waals surface area contributed by atoms with Gasteiger partial charge in [0.1, 0.15) is 0 Å². The Bertz CT molecular complexity index is 614.